The summed E-state index contributed by atoms with van der Waals surface area (Å²) in [5.41, 5.74) is 1.78. The second-order valence-electron chi connectivity index (χ2n) is 7.24. The van der Waals surface area contributed by atoms with Gasteiger partial charge in [-0.05, 0) is 36.6 Å². The van der Waals surface area contributed by atoms with E-state index in [9.17, 15) is 22.8 Å². The number of benzene rings is 1. The van der Waals surface area contributed by atoms with E-state index in [1.807, 2.05) is 11.6 Å². The average Bonchev–Trinajstić information content (AvgIpc) is 3.11. The van der Waals surface area contributed by atoms with Gasteiger partial charge >= 0.3 is 12.1 Å². The number of sulfonamides is 1. The molecule has 1 aliphatic heterocycles. The molecular formula is C21H25N5O5S. The van der Waals surface area contributed by atoms with Crippen LogP contribution in [-0.2, 0) is 23.0 Å². The van der Waals surface area contributed by atoms with Crippen LogP contribution in [-0.4, -0.2) is 49.4 Å². The molecule has 0 fully saturated rings. The van der Waals surface area contributed by atoms with Crippen molar-refractivity contribution in [3.63, 3.8) is 0 Å². The number of nitrogens with one attached hydrogen (secondary N) is 3. The SMILES string of the molecule is CCCCNC(=O)NS(=O)(=O)c1ccc(CCNC(=O)N2Cc3cccnc3C2=O)cc1. The highest BCUT2D eigenvalue weighted by Crippen LogP contribution is 2.20. The highest BCUT2D eigenvalue weighted by Gasteiger charge is 2.32. The summed E-state index contributed by atoms with van der Waals surface area (Å²) in [6.45, 7) is 2.80. The molecule has 1 aromatic heterocycles. The molecule has 0 radical (unpaired) electrons. The summed E-state index contributed by atoms with van der Waals surface area (Å²) in [5, 5.41) is 5.18. The quantitative estimate of drug-likeness (QED) is 0.515. The van der Waals surface area contributed by atoms with Crippen molar-refractivity contribution < 1.29 is 22.8 Å². The number of nitrogens with zero attached hydrogens (tertiary/aromatic N) is 2. The van der Waals surface area contributed by atoms with E-state index in [2.05, 4.69) is 15.6 Å². The molecule has 0 atom stereocenters. The average molecular weight is 460 g/mol. The van der Waals surface area contributed by atoms with E-state index in [1.165, 1.54) is 18.3 Å². The highest BCUT2D eigenvalue weighted by atomic mass is 32.2. The molecule has 0 spiro atoms. The lowest BCUT2D eigenvalue weighted by Gasteiger charge is -2.14. The summed E-state index contributed by atoms with van der Waals surface area (Å²) in [6, 6.07) is 8.20. The van der Waals surface area contributed by atoms with E-state index >= 15 is 0 Å². The third-order valence-corrected chi connectivity index (χ3v) is 6.23. The Labute approximate surface area is 186 Å². The van der Waals surface area contributed by atoms with Crippen molar-refractivity contribution >= 4 is 28.0 Å². The minimum absolute atomic E-state index is 0.0381. The summed E-state index contributed by atoms with van der Waals surface area (Å²) in [4.78, 5) is 41.4. The first-order valence-electron chi connectivity index (χ1n) is 10.2. The van der Waals surface area contributed by atoms with Crippen LogP contribution in [0.1, 0.15) is 41.4 Å². The fourth-order valence-electron chi connectivity index (χ4n) is 3.13. The Morgan fingerprint density at radius 1 is 1.09 bits per heavy atom. The molecule has 0 bridgehead atoms. The van der Waals surface area contributed by atoms with Crippen molar-refractivity contribution in [2.24, 2.45) is 0 Å². The van der Waals surface area contributed by atoms with Gasteiger partial charge in [-0.15, -0.1) is 0 Å². The molecule has 2 heterocycles. The summed E-state index contributed by atoms with van der Waals surface area (Å²) in [5.74, 6) is -0.432. The van der Waals surface area contributed by atoms with Gasteiger partial charge in [0, 0.05) is 24.8 Å². The third-order valence-electron chi connectivity index (χ3n) is 4.88. The smallest absolute Gasteiger partial charge is 0.328 e. The van der Waals surface area contributed by atoms with Crippen LogP contribution in [0, 0.1) is 0 Å². The molecule has 0 unspecified atom stereocenters. The van der Waals surface area contributed by atoms with E-state index in [1.54, 1.807) is 24.3 Å². The second kappa shape index (κ2) is 10.2. The van der Waals surface area contributed by atoms with Crippen molar-refractivity contribution in [1.29, 1.82) is 0 Å². The largest absolute Gasteiger partial charge is 0.337 e. The molecule has 10 nitrogen and oxygen atoms in total. The van der Waals surface area contributed by atoms with Crippen LogP contribution in [0.5, 0.6) is 0 Å². The first kappa shape index (κ1) is 23.2. The van der Waals surface area contributed by atoms with E-state index in [0.29, 0.717) is 18.5 Å². The van der Waals surface area contributed by atoms with E-state index < -0.39 is 28.0 Å². The van der Waals surface area contributed by atoms with E-state index in [0.717, 1.165) is 23.3 Å². The van der Waals surface area contributed by atoms with Crippen LogP contribution in [0.2, 0.25) is 0 Å². The van der Waals surface area contributed by atoms with Crippen molar-refractivity contribution in [1.82, 2.24) is 25.2 Å². The molecule has 3 rings (SSSR count). The number of carbonyl (C=O) groups excluding carboxylic acids is 3. The van der Waals surface area contributed by atoms with Gasteiger partial charge in [0.05, 0.1) is 11.4 Å². The number of rotatable bonds is 8. The minimum Gasteiger partial charge on any atom is -0.337 e. The van der Waals surface area contributed by atoms with Crippen LogP contribution in [0.15, 0.2) is 47.5 Å². The molecule has 2 aromatic rings. The van der Waals surface area contributed by atoms with Gasteiger partial charge in [-0.2, -0.15) is 0 Å². The van der Waals surface area contributed by atoms with Gasteiger partial charge in [0.25, 0.3) is 15.9 Å². The fourth-order valence-corrected chi connectivity index (χ4v) is 4.06. The monoisotopic (exact) mass is 459 g/mol. The Hall–Kier alpha value is -3.47. The maximum Gasteiger partial charge on any atom is 0.328 e. The lowest BCUT2D eigenvalue weighted by atomic mass is 10.1. The Balaban J connectivity index is 1.48. The van der Waals surface area contributed by atoms with Gasteiger partial charge in [-0.1, -0.05) is 31.5 Å². The number of aromatic nitrogens is 1. The van der Waals surface area contributed by atoms with Gasteiger partial charge in [-0.25, -0.2) is 22.7 Å². The minimum atomic E-state index is -3.97. The van der Waals surface area contributed by atoms with E-state index in [4.69, 9.17) is 0 Å². The molecule has 0 saturated heterocycles. The second-order valence-corrected chi connectivity index (χ2v) is 8.93. The third kappa shape index (κ3) is 5.61. The number of fused-ring (bicyclic) bond motifs is 1. The lowest BCUT2D eigenvalue weighted by Crippen LogP contribution is -2.41. The van der Waals surface area contributed by atoms with Gasteiger partial charge in [0.1, 0.15) is 5.69 Å². The normalized spacial score (nSPS) is 12.9. The molecule has 3 N–H and O–H groups in total. The van der Waals surface area contributed by atoms with Gasteiger partial charge in [-0.3, -0.25) is 14.7 Å². The molecule has 32 heavy (non-hydrogen) atoms. The standard InChI is InChI=1S/C21H25N5O5S/c1-2-3-11-23-20(28)25-32(30,31)17-8-6-15(7-9-17)10-13-24-21(29)26-14-16-5-4-12-22-18(16)19(26)27/h4-9,12H,2-3,10-11,13-14H2,1H3,(H,24,29)(H2,23,25,28). The lowest BCUT2D eigenvalue weighted by molar-refractivity contribution is 0.0817. The first-order valence-corrected chi connectivity index (χ1v) is 11.7. The molecule has 11 heteroatoms. The Bertz CT molecular complexity index is 1100. The number of amides is 5. The highest BCUT2D eigenvalue weighted by molar-refractivity contribution is 7.90. The van der Waals surface area contributed by atoms with Crippen molar-refractivity contribution in [2.75, 3.05) is 13.1 Å². The summed E-state index contributed by atoms with van der Waals surface area (Å²) in [7, 11) is -3.97. The van der Waals surface area contributed by atoms with Crippen molar-refractivity contribution in [2.45, 2.75) is 37.6 Å². The van der Waals surface area contributed by atoms with Gasteiger partial charge < -0.3 is 10.6 Å². The van der Waals surface area contributed by atoms with Gasteiger partial charge in [0.2, 0.25) is 0 Å². The predicted octanol–water partition coefficient (Wildman–Crippen LogP) is 1.78. The molecule has 0 aliphatic carbocycles. The maximum absolute atomic E-state index is 12.3. The molecule has 1 aromatic carbocycles. The summed E-state index contributed by atoms with van der Waals surface area (Å²) in [6.07, 6.45) is 3.59. The topological polar surface area (TPSA) is 138 Å². The van der Waals surface area contributed by atoms with Crippen LogP contribution < -0.4 is 15.4 Å². The van der Waals surface area contributed by atoms with Crippen LogP contribution in [0.4, 0.5) is 9.59 Å². The zero-order valence-electron chi connectivity index (χ0n) is 17.6. The predicted molar refractivity (Wildman–Crippen MR) is 116 cm³/mol. The first-order chi connectivity index (χ1) is 15.3. The number of pyridine rings is 1. The number of urea groups is 2. The Morgan fingerprint density at radius 3 is 2.53 bits per heavy atom. The maximum atomic E-state index is 12.3. The zero-order valence-corrected chi connectivity index (χ0v) is 18.4. The Morgan fingerprint density at radius 2 is 1.84 bits per heavy atom. The van der Waals surface area contributed by atoms with Crippen molar-refractivity contribution in [3.8, 4) is 0 Å². The van der Waals surface area contributed by atoms with Crippen molar-refractivity contribution in [3.05, 3.63) is 59.4 Å². The number of imide groups is 1. The number of hydrogen-bond acceptors (Lipinski definition) is 6. The molecule has 0 saturated carbocycles. The van der Waals surface area contributed by atoms with E-state index in [-0.39, 0.29) is 23.7 Å². The number of unbranched alkanes of at least 4 members (excludes halogenated alkanes) is 1. The summed E-state index contributed by atoms with van der Waals surface area (Å²) >= 11 is 0. The van der Waals surface area contributed by atoms with Gasteiger partial charge in [0.15, 0.2) is 0 Å². The molecule has 5 amide bonds. The zero-order chi connectivity index (χ0) is 23.1. The number of hydrogen-bond donors (Lipinski definition) is 3. The van der Waals surface area contributed by atoms with Crippen LogP contribution in [0.3, 0.4) is 0 Å². The van der Waals surface area contributed by atoms with Crippen LogP contribution >= 0.6 is 0 Å². The molecule has 1 aliphatic rings. The Kier molecular flexibility index (Phi) is 7.41. The summed E-state index contributed by atoms with van der Waals surface area (Å²) < 4.78 is 26.6. The molecular weight excluding hydrogens is 434 g/mol. The van der Waals surface area contributed by atoms with Crippen LogP contribution in [0.25, 0.3) is 0 Å². The number of carbonyl (C=O) groups is 3. The fraction of sp³-hybridized carbons (Fsp3) is 0.333. The molecule has 170 valence electrons.